The number of hydrogen-bond acceptors (Lipinski definition) is 4. The highest BCUT2D eigenvalue weighted by Gasteiger charge is 2.18. The van der Waals surface area contributed by atoms with Crippen LogP contribution in [0.15, 0.2) is 12.1 Å². The van der Waals surface area contributed by atoms with E-state index in [0.29, 0.717) is 36.9 Å². The molecular formula is C11H11NO3. The van der Waals surface area contributed by atoms with Crippen molar-refractivity contribution in [3.63, 3.8) is 0 Å². The van der Waals surface area contributed by atoms with E-state index < -0.39 is 0 Å². The van der Waals surface area contributed by atoms with Crippen LogP contribution in [-0.4, -0.2) is 20.3 Å². The van der Waals surface area contributed by atoms with Crippen molar-refractivity contribution in [3.05, 3.63) is 23.3 Å². The summed E-state index contributed by atoms with van der Waals surface area (Å²) in [4.78, 5) is 0. The van der Waals surface area contributed by atoms with Crippen molar-refractivity contribution in [1.82, 2.24) is 0 Å². The van der Waals surface area contributed by atoms with Crippen LogP contribution in [0.2, 0.25) is 0 Å². The molecule has 0 N–H and O–H groups in total. The fraction of sp³-hybridized carbons (Fsp3) is 0.364. The minimum absolute atomic E-state index is 0.357. The summed E-state index contributed by atoms with van der Waals surface area (Å²) in [5.74, 6) is 1.33. The monoisotopic (exact) mass is 205 g/mol. The van der Waals surface area contributed by atoms with Gasteiger partial charge in [-0.2, -0.15) is 5.26 Å². The lowest BCUT2D eigenvalue weighted by Gasteiger charge is -2.21. The average molecular weight is 205 g/mol. The molecule has 1 heterocycles. The second-order valence-corrected chi connectivity index (χ2v) is 3.16. The molecule has 2 rings (SSSR count). The van der Waals surface area contributed by atoms with E-state index in [4.69, 9.17) is 19.5 Å². The largest absolute Gasteiger partial charge is 0.486 e. The van der Waals surface area contributed by atoms with Gasteiger partial charge >= 0.3 is 0 Å². The summed E-state index contributed by atoms with van der Waals surface area (Å²) < 4.78 is 16.0. The number of fused-ring (bicyclic) bond motifs is 1. The number of nitriles is 1. The molecule has 0 bridgehead atoms. The lowest BCUT2D eigenvalue weighted by Crippen LogP contribution is -2.17. The molecule has 0 saturated carbocycles. The number of benzene rings is 1. The fourth-order valence-corrected chi connectivity index (χ4v) is 1.57. The molecule has 1 aliphatic rings. The Kier molecular flexibility index (Phi) is 2.75. The van der Waals surface area contributed by atoms with E-state index in [-0.39, 0.29) is 0 Å². The Morgan fingerprint density at radius 1 is 1.40 bits per heavy atom. The summed E-state index contributed by atoms with van der Waals surface area (Å²) in [6.45, 7) is 1.42. The molecule has 0 saturated heterocycles. The average Bonchev–Trinajstić information content (AvgIpc) is 2.30. The van der Waals surface area contributed by atoms with Crippen molar-refractivity contribution in [1.29, 1.82) is 5.26 Å². The van der Waals surface area contributed by atoms with Crippen LogP contribution in [0.3, 0.4) is 0 Å². The minimum Gasteiger partial charge on any atom is -0.486 e. The Morgan fingerprint density at radius 3 is 2.93 bits per heavy atom. The van der Waals surface area contributed by atoms with Crippen LogP contribution in [0.1, 0.15) is 11.1 Å². The molecule has 4 nitrogen and oxygen atoms in total. The highest BCUT2D eigenvalue weighted by atomic mass is 16.6. The van der Waals surface area contributed by atoms with Crippen LogP contribution in [-0.2, 0) is 11.3 Å². The third-order valence-corrected chi connectivity index (χ3v) is 2.22. The van der Waals surface area contributed by atoms with Gasteiger partial charge in [-0.15, -0.1) is 0 Å². The van der Waals surface area contributed by atoms with E-state index >= 15 is 0 Å². The van der Waals surface area contributed by atoms with Crippen LogP contribution >= 0.6 is 0 Å². The van der Waals surface area contributed by atoms with Crippen LogP contribution in [0.4, 0.5) is 0 Å². The Morgan fingerprint density at radius 2 is 2.20 bits per heavy atom. The number of methoxy groups -OCH3 is 1. The van der Waals surface area contributed by atoms with Crippen LogP contribution in [0.5, 0.6) is 11.5 Å². The molecule has 0 aromatic heterocycles. The van der Waals surface area contributed by atoms with Gasteiger partial charge < -0.3 is 14.2 Å². The van der Waals surface area contributed by atoms with Gasteiger partial charge in [0.05, 0.1) is 18.2 Å². The van der Waals surface area contributed by atoms with E-state index in [0.717, 1.165) is 5.56 Å². The summed E-state index contributed by atoms with van der Waals surface area (Å²) >= 11 is 0. The molecule has 78 valence electrons. The van der Waals surface area contributed by atoms with E-state index in [9.17, 15) is 0 Å². The van der Waals surface area contributed by atoms with E-state index in [1.54, 1.807) is 19.2 Å². The maximum atomic E-state index is 8.94. The van der Waals surface area contributed by atoms with E-state index in [2.05, 4.69) is 6.07 Å². The zero-order valence-corrected chi connectivity index (χ0v) is 8.45. The van der Waals surface area contributed by atoms with Gasteiger partial charge in [0.1, 0.15) is 13.2 Å². The molecule has 0 amide bonds. The molecule has 1 aromatic rings. The second-order valence-electron chi connectivity index (χ2n) is 3.16. The first-order valence-electron chi connectivity index (χ1n) is 4.67. The fourth-order valence-electron chi connectivity index (χ4n) is 1.57. The third kappa shape index (κ3) is 1.74. The number of hydrogen-bond donors (Lipinski definition) is 0. The number of nitrogens with zero attached hydrogens (tertiary/aromatic N) is 1. The van der Waals surface area contributed by atoms with Crippen molar-refractivity contribution < 1.29 is 14.2 Å². The minimum atomic E-state index is 0.357. The van der Waals surface area contributed by atoms with Gasteiger partial charge in [0.15, 0.2) is 11.5 Å². The van der Waals surface area contributed by atoms with Gasteiger partial charge in [-0.25, -0.2) is 0 Å². The normalized spacial score (nSPS) is 13.3. The zero-order chi connectivity index (χ0) is 10.7. The zero-order valence-electron chi connectivity index (χ0n) is 8.45. The first kappa shape index (κ1) is 9.81. The summed E-state index contributed by atoms with van der Waals surface area (Å²) in [6, 6.07) is 5.60. The van der Waals surface area contributed by atoms with E-state index in [1.807, 2.05) is 0 Å². The summed E-state index contributed by atoms with van der Waals surface area (Å²) in [5.41, 5.74) is 1.33. The Hall–Kier alpha value is -1.73. The third-order valence-electron chi connectivity index (χ3n) is 2.22. The highest BCUT2D eigenvalue weighted by Crippen LogP contribution is 2.36. The maximum Gasteiger partial charge on any atom is 0.168 e. The first-order chi connectivity index (χ1) is 7.36. The van der Waals surface area contributed by atoms with Gasteiger partial charge in [-0.1, -0.05) is 0 Å². The van der Waals surface area contributed by atoms with Gasteiger partial charge in [0.25, 0.3) is 0 Å². The summed E-state index contributed by atoms with van der Waals surface area (Å²) in [6.07, 6.45) is 0. The first-order valence-corrected chi connectivity index (χ1v) is 4.67. The topological polar surface area (TPSA) is 51.5 Å². The van der Waals surface area contributed by atoms with Crippen LogP contribution in [0.25, 0.3) is 0 Å². The van der Waals surface area contributed by atoms with Crippen molar-refractivity contribution in [3.8, 4) is 17.6 Å². The lowest BCUT2D eigenvalue weighted by molar-refractivity contribution is 0.153. The molecular weight excluding hydrogens is 194 g/mol. The molecule has 1 aliphatic heterocycles. The maximum absolute atomic E-state index is 8.94. The molecule has 15 heavy (non-hydrogen) atoms. The molecule has 0 radical (unpaired) electrons. The summed E-state index contributed by atoms with van der Waals surface area (Å²) in [5, 5.41) is 8.94. The summed E-state index contributed by atoms with van der Waals surface area (Å²) in [7, 11) is 1.59. The molecule has 0 spiro atoms. The molecule has 0 fully saturated rings. The Balaban J connectivity index is 2.50. The molecule has 0 unspecified atom stereocenters. The van der Waals surface area contributed by atoms with Crippen LogP contribution in [0, 0.1) is 11.3 Å². The van der Waals surface area contributed by atoms with Gasteiger partial charge in [-0.3, -0.25) is 0 Å². The highest BCUT2D eigenvalue weighted by molar-refractivity contribution is 5.55. The quantitative estimate of drug-likeness (QED) is 0.733. The SMILES string of the molecule is COCc1c(C#N)ccc2c1OCCO2. The number of ether oxygens (including phenoxy) is 3. The van der Waals surface area contributed by atoms with E-state index in [1.165, 1.54) is 0 Å². The Labute approximate surface area is 88.0 Å². The smallest absolute Gasteiger partial charge is 0.168 e. The van der Waals surface area contributed by atoms with Crippen molar-refractivity contribution in [2.45, 2.75) is 6.61 Å². The van der Waals surface area contributed by atoms with Crippen molar-refractivity contribution >= 4 is 0 Å². The van der Waals surface area contributed by atoms with Crippen molar-refractivity contribution in [2.75, 3.05) is 20.3 Å². The van der Waals surface area contributed by atoms with Gasteiger partial charge in [0.2, 0.25) is 0 Å². The Bertz CT molecular complexity index is 409. The molecule has 0 atom stereocenters. The van der Waals surface area contributed by atoms with Gasteiger partial charge in [-0.05, 0) is 12.1 Å². The number of rotatable bonds is 2. The lowest BCUT2D eigenvalue weighted by atomic mass is 10.1. The molecule has 1 aromatic carbocycles. The second kappa shape index (κ2) is 4.20. The van der Waals surface area contributed by atoms with Crippen molar-refractivity contribution in [2.24, 2.45) is 0 Å². The molecule has 4 heteroatoms. The standard InChI is InChI=1S/C11H11NO3/c1-13-7-9-8(6-12)2-3-10-11(9)15-5-4-14-10/h2-3H,4-5,7H2,1H3. The van der Waals surface area contributed by atoms with Crippen LogP contribution < -0.4 is 9.47 Å². The van der Waals surface area contributed by atoms with Gasteiger partial charge in [0, 0.05) is 12.7 Å². The predicted octanol–water partition coefficient (Wildman–Crippen LogP) is 1.48. The predicted molar refractivity (Wildman–Crippen MR) is 52.9 cm³/mol. The molecule has 0 aliphatic carbocycles.